The van der Waals surface area contributed by atoms with Crippen LogP contribution >= 0.6 is 0 Å². The number of nitrogens with one attached hydrogen (secondary N) is 1. The first kappa shape index (κ1) is 18.4. The first-order valence-electron chi connectivity index (χ1n) is 7.80. The Bertz CT molecular complexity index is 1080. The number of rotatable bonds is 4. The van der Waals surface area contributed by atoms with Gasteiger partial charge in [0, 0.05) is 11.4 Å². The Balaban J connectivity index is 1.79. The Morgan fingerprint density at radius 2 is 1.63 bits per heavy atom. The lowest BCUT2D eigenvalue weighted by Gasteiger charge is -2.09. The molecule has 0 aliphatic carbocycles. The maximum atomic E-state index is 13.1. The number of amides is 1. The van der Waals surface area contributed by atoms with Gasteiger partial charge in [0.2, 0.25) is 0 Å². The molecule has 27 heavy (non-hydrogen) atoms. The Kier molecular flexibility index (Phi) is 5.09. The summed E-state index contributed by atoms with van der Waals surface area (Å²) >= 11 is 0. The zero-order chi connectivity index (χ0) is 19.4. The lowest BCUT2D eigenvalue weighted by Crippen LogP contribution is -2.19. The average molecular weight is 386 g/mol. The van der Waals surface area contributed by atoms with Gasteiger partial charge in [0.25, 0.3) is 0 Å². The van der Waals surface area contributed by atoms with Gasteiger partial charge in [-0.2, -0.15) is 8.42 Å². The van der Waals surface area contributed by atoms with Crippen LogP contribution in [-0.4, -0.2) is 14.5 Å². The molecular formula is C19H15FN2O4S. The Morgan fingerprint density at radius 1 is 0.926 bits per heavy atom. The molecule has 0 aromatic heterocycles. The molecule has 0 spiro atoms. The molecule has 0 heterocycles. The van der Waals surface area contributed by atoms with Gasteiger partial charge in [-0.25, -0.2) is 9.18 Å². The van der Waals surface area contributed by atoms with E-state index >= 15 is 0 Å². The third-order valence-electron chi connectivity index (χ3n) is 3.62. The Hall–Kier alpha value is -3.39. The molecule has 0 radical (unpaired) electrons. The maximum absolute atomic E-state index is 13.1. The molecule has 0 saturated heterocycles. The largest absolute Gasteiger partial charge is 0.427 e. The highest BCUT2D eigenvalue weighted by molar-refractivity contribution is 7.87. The molecule has 0 fully saturated rings. The lowest BCUT2D eigenvalue weighted by atomic mass is 10.1. The van der Waals surface area contributed by atoms with E-state index in [1.165, 1.54) is 48.5 Å². The minimum atomic E-state index is -4.35. The number of hydrogen-bond acceptors (Lipinski definition) is 5. The fourth-order valence-electron chi connectivity index (χ4n) is 2.38. The topological polar surface area (TPSA) is 98.5 Å². The maximum Gasteiger partial charge on any atom is 0.427 e. The second-order valence-corrected chi connectivity index (χ2v) is 7.16. The molecule has 3 aromatic rings. The highest BCUT2D eigenvalue weighted by atomic mass is 32.2. The Labute approximate surface area is 155 Å². The number of nitrogen functional groups attached to an aromatic ring is 1. The van der Waals surface area contributed by atoms with Gasteiger partial charge in [-0.3, -0.25) is 5.32 Å². The molecule has 3 aromatic carbocycles. The fourth-order valence-corrected chi connectivity index (χ4v) is 3.23. The van der Waals surface area contributed by atoms with Crippen molar-refractivity contribution in [3.05, 3.63) is 78.6 Å². The molecule has 3 N–H and O–H groups in total. The standard InChI is InChI=1S/C19H15FN2O4S/c20-15-9-7-13(8-10-15)14-3-1-6-18(11-14)27(24,25)26-19(23)22-17-5-2-4-16(21)12-17/h1-12H,21H2,(H,22,23). The minimum absolute atomic E-state index is 0.202. The van der Waals surface area contributed by atoms with Gasteiger partial charge in [0.05, 0.1) is 0 Å². The number of carbonyl (C=O) groups is 1. The van der Waals surface area contributed by atoms with Gasteiger partial charge in [0.15, 0.2) is 0 Å². The van der Waals surface area contributed by atoms with Crippen molar-refractivity contribution in [2.24, 2.45) is 0 Å². The molecule has 3 rings (SSSR count). The number of anilines is 2. The minimum Gasteiger partial charge on any atom is -0.399 e. The zero-order valence-electron chi connectivity index (χ0n) is 13.9. The molecule has 0 aliphatic heterocycles. The summed E-state index contributed by atoms with van der Waals surface area (Å²) in [5.41, 5.74) is 7.47. The zero-order valence-corrected chi connectivity index (χ0v) is 14.7. The normalized spacial score (nSPS) is 11.0. The van der Waals surface area contributed by atoms with Crippen molar-refractivity contribution in [1.29, 1.82) is 0 Å². The lowest BCUT2D eigenvalue weighted by molar-refractivity contribution is 0.217. The van der Waals surface area contributed by atoms with Crippen LogP contribution in [0.25, 0.3) is 11.1 Å². The summed E-state index contributed by atoms with van der Waals surface area (Å²) in [5, 5.41) is 2.30. The number of benzene rings is 3. The van der Waals surface area contributed by atoms with Crippen molar-refractivity contribution in [3.8, 4) is 11.1 Å². The summed E-state index contributed by atoms with van der Waals surface area (Å²) in [6.07, 6.45) is -1.16. The van der Waals surface area contributed by atoms with Gasteiger partial charge in [-0.05, 0) is 53.6 Å². The monoisotopic (exact) mass is 386 g/mol. The van der Waals surface area contributed by atoms with Crippen molar-refractivity contribution >= 4 is 27.6 Å². The van der Waals surface area contributed by atoms with E-state index in [1.54, 1.807) is 24.3 Å². The summed E-state index contributed by atoms with van der Waals surface area (Å²) in [4.78, 5) is 11.7. The van der Waals surface area contributed by atoms with Crippen LogP contribution in [-0.2, 0) is 14.3 Å². The van der Waals surface area contributed by atoms with Gasteiger partial charge < -0.3 is 9.92 Å². The van der Waals surface area contributed by atoms with E-state index < -0.39 is 22.0 Å². The molecule has 0 saturated carbocycles. The van der Waals surface area contributed by atoms with Crippen LogP contribution in [0.5, 0.6) is 0 Å². The molecule has 0 bridgehead atoms. The van der Waals surface area contributed by atoms with Gasteiger partial charge >= 0.3 is 16.2 Å². The second kappa shape index (κ2) is 7.46. The smallest absolute Gasteiger partial charge is 0.399 e. The van der Waals surface area contributed by atoms with Crippen molar-refractivity contribution < 1.29 is 21.8 Å². The van der Waals surface area contributed by atoms with Crippen LogP contribution in [0.3, 0.4) is 0 Å². The molecule has 6 nitrogen and oxygen atoms in total. The van der Waals surface area contributed by atoms with Crippen molar-refractivity contribution in [1.82, 2.24) is 0 Å². The summed E-state index contributed by atoms with van der Waals surface area (Å²) in [6.45, 7) is 0. The van der Waals surface area contributed by atoms with E-state index in [1.807, 2.05) is 0 Å². The molecule has 1 amide bonds. The molecule has 138 valence electrons. The van der Waals surface area contributed by atoms with Crippen LogP contribution in [0, 0.1) is 5.82 Å². The number of nitrogens with two attached hydrogens (primary N) is 1. The fraction of sp³-hybridized carbons (Fsp3) is 0. The van der Waals surface area contributed by atoms with E-state index in [0.717, 1.165) is 0 Å². The van der Waals surface area contributed by atoms with Crippen LogP contribution in [0.4, 0.5) is 20.6 Å². The van der Waals surface area contributed by atoms with Crippen molar-refractivity contribution in [2.45, 2.75) is 4.90 Å². The number of hydrogen-bond donors (Lipinski definition) is 2. The van der Waals surface area contributed by atoms with Crippen molar-refractivity contribution in [3.63, 3.8) is 0 Å². The second-order valence-electron chi connectivity index (χ2n) is 5.61. The predicted octanol–water partition coefficient (Wildman–Crippen LogP) is 4.01. The third kappa shape index (κ3) is 4.62. The quantitative estimate of drug-likeness (QED) is 0.521. The van der Waals surface area contributed by atoms with Crippen LogP contribution in [0.15, 0.2) is 77.7 Å². The molecule has 0 unspecified atom stereocenters. The van der Waals surface area contributed by atoms with Crippen LogP contribution in [0.2, 0.25) is 0 Å². The molecular weight excluding hydrogens is 371 g/mol. The van der Waals surface area contributed by atoms with Crippen LogP contribution < -0.4 is 11.1 Å². The molecule has 0 atom stereocenters. The third-order valence-corrected chi connectivity index (χ3v) is 4.82. The number of carbonyl (C=O) groups excluding carboxylic acids is 1. The van der Waals surface area contributed by atoms with E-state index in [0.29, 0.717) is 22.5 Å². The van der Waals surface area contributed by atoms with Gasteiger partial charge in [0.1, 0.15) is 10.7 Å². The van der Waals surface area contributed by atoms with Gasteiger partial charge in [-0.15, -0.1) is 0 Å². The van der Waals surface area contributed by atoms with Crippen molar-refractivity contribution in [2.75, 3.05) is 11.1 Å². The molecule has 0 aliphatic rings. The average Bonchev–Trinajstić information content (AvgIpc) is 2.62. The number of halogens is 1. The first-order chi connectivity index (χ1) is 12.8. The summed E-state index contributed by atoms with van der Waals surface area (Å²) in [7, 11) is -4.35. The van der Waals surface area contributed by atoms with E-state index in [9.17, 15) is 17.6 Å². The first-order valence-corrected chi connectivity index (χ1v) is 9.21. The highest BCUT2D eigenvalue weighted by Gasteiger charge is 2.21. The van der Waals surface area contributed by atoms with E-state index in [-0.39, 0.29) is 4.90 Å². The predicted molar refractivity (Wildman–Crippen MR) is 100.0 cm³/mol. The summed E-state index contributed by atoms with van der Waals surface area (Å²) < 4.78 is 42.4. The van der Waals surface area contributed by atoms with E-state index in [2.05, 4.69) is 9.50 Å². The Morgan fingerprint density at radius 3 is 2.33 bits per heavy atom. The van der Waals surface area contributed by atoms with Crippen LogP contribution in [0.1, 0.15) is 0 Å². The van der Waals surface area contributed by atoms with E-state index in [4.69, 9.17) is 5.73 Å². The summed E-state index contributed by atoms with van der Waals surface area (Å²) in [6, 6.07) is 17.6. The SMILES string of the molecule is Nc1cccc(NC(=O)OS(=O)(=O)c2cccc(-c3ccc(F)cc3)c2)c1. The summed E-state index contributed by atoms with van der Waals surface area (Å²) in [5.74, 6) is -0.399. The van der Waals surface area contributed by atoms with Gasteiger partial charge in [-0.1, -0.05) is 30.3 Å². The molecule has 8 heteroatoms. The highest BCUT2D eigenvalue weighted by Crippen LogP contribution is 2.24.